The van der Waals surface area contributed by atoms with Crippen molar-refractivity contribution in [3.05, 3.63) is 63.3 Å². The van der Waals surface area contributed by atoms with Crippen LogP contribution in [0.15, 0.2) is 44.1 Å². The average Bonchev–Trinajstić information content (AvgIpc) is 3.08. The van der Waals surface area contributed by atoms with E-state index in [2.05, 4.69) is 24.1 Å². The minimum atomic E-state index is -0.386. The van der Waals surface area contributed by atoms with Crippen LogP contribution in [-0.4, -0.2) is 11.0 Å². The molecule has 1 aromatic carbocycles. The van der Waals surface area contributed by atoms with Gasteiger partial charge in [0.25, 0.3) is 0 Å². The van der Waals surface area contributed by atoms with Gasteiger partial charge in [-0.3, -0.25) is 4.98 Å². The van der Waals surface area contributed by atoms with Crippen LogP contribution >= 0.6 is 12.4 Å². The summed E-state index contributed by atoms with van der Waals surface area (Å²) in [6, 6.07) is 7.83. The van der Waals surface area contributed by atoms with Crippen LogP contribution in [0.1, 0.15) is 36.2 Å². The zero-order chi connectivity index (χ0) is 20.0. The van der Waals surface area contributed by atoms with Gasteiger partial charge in [0.15, 0.2) is 5.58 Å². The second-order valence-electron chi connectivity index (χ2n) is 7.67. The fraction of sp³-hybridized carbons (Fsp3) is 0.304. The molecule has 29 heavy (non-hydrogen) atoms. The van der Waals surface area contributed by atoms with E-state index < -0.39 is 0 Å². The van der Waals surface area contributed by atoms with E-state index in [-0.39, 0.29) is 18.0 Å². The predicted molar refractivity (Wildman–Crippen MR) is 119 cm³/mol. The molecule has 0 saturated carbocycles. The van der Waals surface area contributed by atoms with Crippen molar-refractivity contribution in [1.82, 2.24) is 10.3 Å². The van der Waals surface area contributed by atoms with Crippen molar-refractivity contribution in [2.24, 2.45) is 0 Å². The first-order valence-corrected chi connectivity index (χ1v) is 9.50. The second-order valence-corrected chi connectivity index (χ2v) is 7.67. The molecule has 0 radical (unpaired) electrons. The Morgan fingerprint density at radius 3 is 2.45 bits per heavy atom. The highest BCUT2D eigenvalue weighted by Crippen LogP contribution is 2.35. The van der Waals surface area contributed by atoms with Gasteiger partial charge in [0.2, 0.25) is 0 Å². The van der Waals surface area contributed by atoms with Crippen LogP contribution in [0.25, 0.3) is 33.3 Å². The van der Waals surface area contributed by atoms with Crippen LogP contribution in [0.5, 0.6) is 0 Å². The predicted octanol–water partition coefficient (Wildman–Crippen LogP) is 5.45. The molecule has 0 amide bonds. The summed E-state index contributed by atoms with van der Waals surface area (Å²) in [4.78, 5) is 16.7. The average molecular weight is 413 g/mol. The third kappa shape index (κ3) is 3.93. The van der Waals surface area contributed by atoms with Gasteiger partial charge < -0.3 is 14.2 Å². The second kappa shape index (κ2) is 8.01. The Hall–Kier alpha value is -2.63. The highest BCUT2D eigenvalue weighted by atomic mass is 35.5. The Bertz CT molecular complexity index is 1250. The molecule has 0 aliphatic rings. The van der Waals surface area contributed by atoms with E-state index in [4.69, 9.17) is 8.83 Å². The molecule has 1 N–H and O–H groups in total. The van der Waals surface area contributed by atoms with Crippen molar-refractivity contribution >= 4 is 34.3 Å². The van der Waals surface area contributed by atoms with E-state index >= 15 is 0 Å². The summed E-state index contributed by atoms with van der Waals surface area (Å²) in [5.41, 5.74) is 5.80. The molecule has 5 nitrogen and oxygen atoms in total. The van der Waals surface area contributed by atoms with Gasteiger partial charge in [0.1, 0.15) is 11.3 Å². The molecule has 0 fully saturated rings. The molecule has 0 bridgehead atoms. The molecule has 3 aromatic heterocycles. The van der Waals surface area contributed by atoms with Gasteiger partial charge in [-0.2, -0.15) is 0 Å². The zero-order valence-electron chi connectivity index (χ0n) is 17.3. The lowest BCUT2D eigenvalue weighted by Crippen LogP contribution is -2.22. The van der Waals surface area contributed by atoms with Gasteiger partial charge in [0, 0.05) is 41.2 Å². The van der Waals surface area contributed by atoms with E-state index in [1.54, 1.807) is 0 Å². The molecular weight excluding hydrogens is 388 g/mol. The van der Waals surface area contributed by atoms with Crippen molar-refractivity contribution in [2.75, 3.05) is 0 Å². The topological polar surface area (TPSA) is 68.3 Å². The number of pyridine rings is 1. The lowest BCUT2D eigenvalue weighted by atomic mass is 10.0. The van der Waals surface area contributed by atoms with E-state index in [0.29, 0.717) is 23.9 Å². The number of aromatic nitrogens is 1. The third-order valence-corrected chi connectivity index (χ3v) is 5.15. The minimum absolute atomic E-state index is 0. The first-order chi connectivity index (χ1) is 13.3. The summed E-state index contributed by atoms with van der Waals surface area (Å²) in [6.07, 6.45) is 1.89. The molecule has 3 heterocycles. The number of nitrogens with zero attached hydrogens (tertiary/aromatic N) is 1. The van der Waals surface area contributed by atoms with Gasteiger partial charge in [-0.05, 0) is 55.7 Å². The maximum Gasteiger partial charge on any atom is 0.336 e. The summed E-state index contributed by atoms with van der Waals surface area (Å²) in [5, 5.41) is 5.31. The molecule has 6 heteroatoms. The molecule has 4 aromatic rings. The molecule has 0 aliphatic heterocycles. The molecule has 0 unspecified atom stereocenters. The number of hydrogen-bond donors (Lipinski definition) is 1. The van der Waals surface area contributed by atoms with Gasteiger partial charge in [-0.25, -0.2) is 4.79 Å². The van der Waals surface area contributed by atoms with Crippen molar-refractivity contribution in [3.8, 4) is 11.3 Å². The number of furan rings is 1. The Kier molecular flexibility index (Phi) is 5.82. The van der Waals surface area contributed by atoms with E-state index in [9.17, 15) is 4.79 Å². The van der Waals surface area contributed by atoms with E-state index in [0.717, 1.165) is 44.3 Å². The summed E-state index contributed by atoms with van der Waals surface area (Å²) in [6.45, 7) is 10.9. The molecule has 4 rings (SSSR count). The SMILES string of the molecule is Cc1cc2oc(=O)cc(-c3cc4c(CNC(C)C)cnc(C)c4o3)c2cc1C.Cl. The fourth-order valence-electron chi connectivity index (χ4n) is 3.41. The van der Waals surface area contributed by atoms with Crippen LogP contribution in [0.2, 0.25) is 0 Å². The van der Waals surface area contributed by atoms with Crippen molar-refractivity contribution < 1.29 is 8.83 Å². The number of hydrogen-bond acceptors (Lipinski definition) is 5. The Labute approximate surface area is 175 Å². The lowest BCUT2D eigenvalue weighted by Gasteiger charge is -2.08. The Morgan fingerprint density at radius 2 is 1.72 bits per heavy atom. The normalized spacial score (nSPS) is 11.4. The maximum atomic E-state index is 12.2. The van der Waals surface area contributed by atoms with Crippen molar-refractivity contribution in [1.29, 1.82) is 0 Å². The maximum absolute atomic E-state index is 12.2. The van der Waals surface area contributed by atoms with Crippen LogP contribution < -0.4 is 10.9 Å². The fourth-order valence-corrected chi connectivity index (χ4v) is 3.41. The Morgan fingerprint density at radius 1 is 1.00 bits per heavy atom. The summed E-state index contributed by atoms with van der Waals surface area (Å²) in [7, 11) is 0. The summed E-state index contributed by atoms with van der Waals surface area (Å²) < 4.78 is 11.6. The zero-order valence-corrected chi connectivity index (χ0v) is 18.1. The molecule has 0 aliphatic carbocycles. The number of fused-ring (bicyclic) bond motifs is 2. The van der Waals surface area contributed by atoms with Crippen molar-refractivity contribution in [3.63, 3.8) is 0 Å². The monoisotopic (exact) mass is 412 g/mol. The van der Waals surface area contributed by atoms with Gasteiger partial charge >= 0.3 is 5.63 Å². The van der Waals surface area contributed by atoms with Crippen LogP contribution in [0, 0.1) is 20.8 Å². The summed E-state index contributed by atoms with van der Waals surface area (Å²) >= 11 is 0. The lowest BCUT2D eigenvalue weighted by molar-refractivity contribution is 0.559. The largest absolute Gasteiger partial charge is 0.454 e. The van der Waals surface area contributed by atoms with Crippen LogP contribution in [-0.2, 0) is 6.54 Å². The van der Waals surface area contributed by atoms with Gasteiger partial charge in [-0.15, -0.1) is 12.4 Å². The van der Waals surface area contributed by atoms with Gasteiger partial charge in [-0.1, -0.05) is 13.8 Å². The number of rotatable bonds is 4. The molecule has 0 saturated heterocycles. The molecular formula is C23H25ClN2O3. The first kappa shape index (κ1) is 21.1. The van der Waals surface area contributed by atoms with Crippen LogP contribution in [0.3, 0.4) is 0 Å². The molecule has 0 spiro atoms. The number of nitrogens with one attached hydrogen (secondary N) is 1. The number of aryl methyl sites for hydroxylation is 3. The Balaban J connectivity index is 0.00000240. The van der Waals surface area contributed by atoms with Crippen LogP contribution in [0.4, 0.5) is 0 Å². The van der Waals surface area contributed by atoms with E-state index in [1.807, 2.05) is 45.2 Å². The smallest absolute Gasteiger partial charge is 0.336 e. The third-order valence-electron chi connectivity index (χ3n) is 5.15. The van der Waals surface area contributed by atoms with Gasteiger partial charge in [0.05, 0.1) is 5.69 Å². The minimum Gasteiger partial charge on any atom is -0.454 e. The highest BCUT2D eigenvalue weighted by molar-refractivity contribution is 5.96. The van der Waals surface area contributed by atoms with Crippen molar-refractivity contribution in [2.45, 2.75) is 47.2 Å². The molecule has 152 valence electrons. The molecule has 0 atom stereocenters. The number of benzene rings is 1. The quantitative estimate of drug-likeness (QED) is 0.451. The number of halogens is 1. The first-order valence-electron chi connectivity index (χ1n) is 9.50. The summed E-state index contributed by atoms with van der Waals surface area (Å²) in [5.74, 6) is 0.651. The standard InChI is InChI=1S/C23H24N2O3.ClH/c1-12(2)24-10-16-11-25-15(5)23-17(16)8-21(28-23)19-9-22(26)27-20-7-14(4)13(3)6-18(19)20;/h6-9,11-12,24H,10H2,1-5H3;1H. The van der Waals surface area contributed by atoms with E-state index in [1.165, 1.54) is 6.07 Å². The highest BCUT2D eigenvalue weighted by Gasteiger charge is 2.17.